The molecule has 1 aromatic carbocycles. The second-order valence-electron chi connectivity index (χ2n) is 5.24. The number of hydrogen-bond acceptors (Lipinski definition) is 2. The summed E-state index contributed by atoms with van der Waals surface area (Å²) in [6, 6.07) is 6.55. The highest BCUT2D eigenvalue weighted by Gasteiger charge is 2.18. The van der Waals surface area contributed by atoms with E-state index in [9.17, 15) is 0 Å². The predicted molar refractivity (Wildman–Crippen MR) is 94.8 cm³/mol. The quantitative estimate of drug-likeness (QED) is 0.537. The van der Waals surface area contributed by atoms with Gasteiger partial charge in [0.25, 0.3) is 0 Å². The van der Waals surface area contributed by atoms with Crippen LogP contribution in [0.1, 0.15) is 70.4 Å². The Morgan fingerprint density at radius 3 is 2.43 bits per heavy atom. The van der Waals surface area contributed by atoms with Crippen LogP contribution in [0.15, 0.2) is 29.8 Å². The molecule has 1 fully saturated rings. The molecule has 0 unspecified atom stereocenters. The number of allylic oxidation sites excluding steroid dienone is 2. The van der Waals surface area contributed by atoms with Gasteiger partial charge in [0.15, 0.2) is 0 Å². The number of nitrogens with one attached hydrogen (secondary N) is 2. The summed E-state index contributed by atoms with van der Waals surface area (Å²) in [5.41, 5.74) is 5.09. The molecule has 0 bridgehead atoms. The lowest BCUT2D eigenvalue weighted by Crippen LogP contribution is -2.08. The summed E-state index contributed by atoms with van der Waals surface area (Å²) in [5, 5.41) is 10.9. The van der Waals surface area contributed by atoms with Crippen molar-refractivity contribution >= 4 is 11.9 Å². The van der Waals surface area contributed by atoms with Crippen LogP contribution in [0.25, 0.3) is 0 Å². The Morgan fingerprint density at radius 2 is 1.90 bits per heavy atom. The standard InChI is InChI=1S/C17H24N2.C2H6/c1-3-13-5-7-14(8-6-13)15-9-10-17(19-4-2)16(11-15)12-18;1-2/h3,9-12,14,18-19H,4-8H2,1-2H3;1-2H3. The molecule has 116 valence electrons. The summed E-state index contributed by atoms with van der Waals surface area (Å²) < 4.78 is 0. The van der Waals surface area contributed by atoms with E-state index in [1.807, 2.05) is 13.8 Å². The molecular formula is C19H30N2. The molecule has 1 aromatic rings. The molecule has 21 heavy (non-hydrogen) atoms. The summed E-state index contributed by atoms with van der Waals surface area (Å²) in [6.45, 7) is 9.13. The fourth-order valence-corrected chi connectivity index (χ4v) is 2.92. The fraction of sp³-hybridized carbons (Fsp3) is 0.526. The van der Waals surface area contributed by atoms with E-state index >= 15 is 0 Å². The maximum atomic E-state index is 7.56. The van der Waals surface area contributed by atoms with Crippen molar-refractivity contribution in [3.8, 4) is 0 Å². The van der Waals surface area contributed by atoms with Gasteiger partial charge < -0.3 is 10.7 Å². The number of anilines is 1. The van der Waals surface area contributed by atoms with Gasteiger partial charge in [0.1, 0.15) is 0 Å². The van der Waals surface area contributed by atoms with Gasteiger partial charge >= 0.3 is 0 Å². The van der Waals surface area contributed by atoms with Crippen molar-refractivity contribution in [2.75, 3.05) is 11.9 Å². The van der Waals surface area contributed by atoms with Crippen LogP contribution in [-0.2, 0) is 0 Å². The van der Waals surface area contributed by atoms with Crippen molar-refractivity contribution in [3.63, 3.8) is 0 Å². The molecule has 2 N–H and O–H groups in total. The minimum Gasteiger partial charge on any atom is -0.385 e. The summed E-state index contributed by atoms with van der Waals surface area (Å²) >= 11 is 0. The van der Waals surface area contributed by atoms with E-state index < -0.39 is 0 Å². The van der Waals surface area contributed by atoms with Crippen molar-refractivity contribution in [2.24, 2.45) is 0 Å². The largest absolute Gasteiger partial charge is 0.385 e. The van der Waals surface area contributed by atoms with Crippen LogP contribution in [0.3, 0.4) is 0 Å². The molecule has 0 aliphatic heterocycles. The molecule has 2 heteroatoms. The lowest BCUT2D eigenvalue weighted by Gasteiger charge is -2.25. The normalized spacial score (nSPS) is 17.5. The third-order valence-electron chi connectivity index (χ3n) is 4.11. The van der Waals surface area contributed by atoms with Gasteiger partial charge in [0, 0.05) is 24.0 Å². The van der Waals surface area contributed by atoms with Gasteiger partial charge in [0.2, 0.25) is 0 Å². The molecule has 0 spiro atoms. The van der Waals surface area contributed by atoms with Crippen LogP contribution in [-0.4, -0.2) is 12.8 Å². The van der Waals surface area contributed by atoms with E-state index in [4.69, 9.17) is 5.41 Å². The van der Waals surface area contributed by atoms with Crippen LogP contribution < -0.4 is 5.32 Å². The number of hydrogen-bond donors (Lipinski definition) is 2. The van der Waals surface area contributed by atoms with E-state index in [0.717, 1.165) is 17.8 Å². The van der Waals surface area contributed by atoms with Crippen LogP contribution in [0.5, 0.6) is 0 Å². The molecule has 0 heterocycles. The van der Waals surface area contributed by atoms with Gasteiger partial charge in [-0.25, -0.2) is 0 Å². The Balaban J connectivity index is 0.00000106. The molecule has 1 saturated carbocycles. The van der Waals surface area contributed by atoms with Crippen molar-refractivity contribution < 1.29 is 0 Å². The number of rotatable bonds is 4. The molecule has 0 atom stereocenters. The summed E-state index contributed by atoms with van der Waals surface area (Å²) in [5.74, 6) is 0.665. The van der Waals surface area contributed by atoms with Gasteiger partial charge in [-0.1, -0.05) is 31.6 Å². The minimum atomic E-state index is 0.665. The Labute approximate surface area is 130 Å². The van der Waals surface area contributed by atoms with Crippen LogP contribution in [0.2, 0.25) is 0 Å². The predicted octanol–water partition coefficient (Wildman–Crippen LogP) is 5.75. The van der Waals surface area contributed by atoms with Gasteiger partial charge in [0.05, 0.1) is 0 Å². The van der Waals surface area contributed by atoms with Gasteiger partial charge in [-0.05, 0) is 63.1 Å². The van der Waals surface area contributed by atoms with Crippen LogP contribution >= 0.6 is 0 Å². The Bertz CT molecular complexity index is 464. The maximum Gasteiger partial charge on any atom is 0.0429 e. The maximum absolute atomic E-state index is 7.56. The highest BCUT2D eigenvalue weighted by Crippen LogP contribution is 2.36. The molecular weight excluding hydrogens is 256 g/mol. The molecule has 0 amide bonds. The zero-order valence-corrected chi connectivity index (χ0v) is 14.0. The minimum absolute atomic E-state index is 0.665. The Hall–Kier alpha value is -1.57. The molecule has 0 radical (unpaired) electrons. The van der Waals surface area contributed by atoms with Crippen LogP contribution in [0.4, 0.5) is 5.69 Å². The third-order valence-corrected chi connectivity index (χ3v) is 4.11. The molecule has 2 nitrogen and oxygen atoms in total. The lowest BCUT2D eigenvalue weighted by atomic mass is 9.81. The topological polar surface area (TPSA) is 35.9 Å². The molecule has 2 rings (SSSR count). The summed E-state index contributed by atoms with van der Waals surface area (Å²) in [4.78, 5) is 0. The SMILES string of the molecule is CC.CC=C1CCC(c2ccc(NCC)c(C=N)c2)CC1. The second-order valence-corrected chi connectivity index (χ2v) is 5.24. The highest BCUT2D eigenvalue weighted by molar-refractivity contribution is 5.86. The third kappa shape index (κ3) is 4.73. The first-order chi connectivity index (χ1) is 10.3. The van der Waals surface area contributed by atoms with Gasteiger partial charge in [-0.2, -0.15) is 0 Å². The summed E-state index contributed by atoms with van der Waals surface area (Å²) in [7, 11) is 0. The van der Waals surface area contributed by atoms with Crippen molar-refractivity contribution in [1.29, 1.82) is 5.41 Å². The molecule has 1 aliphatic carbocycles. The van der Waals surface area contributed by atoms with Crippen LogP contribution in [0, 0.1) is 5.41 Å². The van der Waals surface area contributed by atoms with E-state index in [1.54, 1.807) is 5.57 Å². The smallest absolute Gasteiger partial charge is 0.0429 e. The Kier molecular flexibility index (Phi) is 7.81. The second kappa shape index (κ2) is 9.38. The number of benzene rings is 1. The monoisotopic (exact) mass is 286 g/mol. The lowest BCUT2D eigenvalue weighted by molar-refractivity contribution is 0.516. The first-order valence-electron chi connectivity index (χ1n) is 8.30. The average Bonchev–Trinajstić information content (AvgIpc) is 2.57. The van der Waals surface area contributed by atoms with Gasteiger partial charge in [-0.3, -0.25) is 0 Å². The molecule has 0 aromatic heterocycles. The van der Waals surface area contributed by atoms with E-state index in [2.05, 4.69) is 43.4 Å². The zero-order chi connectivity index (χ0) is 15.7. The fourth-order valence-electron chi connectivity index (χ4n) is 2.92. The molecule has 1 aliphatic rings. The van der Waals surface area contributed by atoms with E-state index in [1.165, 1.54) is 37.5 Å². The molecule has 0 saturated heterocycles. The van der Waals surface area contributed by atoms with E-state index in [0.29, 0.717) is 5.92 Å². The van der Waals surface area contributed by atoms with Gasteiger partial charge in [-0.15, -0.1) is 0 Å². The highest BCUT2D eigenvalue weighted by atomic mass is 14.9. The first kappa shape index (κ1) is 17.5. The zero-order valence-electron chi connectivity index (χ0n) is 14.0. The summed E-state index contributed by atoms with van der Waals surface area (Å²) in [6.07, 6.45) is 8.69. The van der Waals surface area contributed by atoms with Crippen molar-refractivity contribution in [1.82, 2.24) is 0 Å². The van der Waals surface area contributed by atoms with E-state index in [-0.39, 0.29) is 0 Å². The average molecular weight is 286 g/mol. The van der Waals surface area contributed by atoms with Crippen molar-refractivity contribution in [2.45, 2.75) is 59.3 Å². The first-order valence-corrected chi connectivity index (χ1v) is 8.30. The Morgan fingerprint density at radius 1 is 1.24 bits per heavy atom. The van der Waals surface area contributed by atoms with Crippen molar-refractivity contribution in [3.05, 3.63) is 41.0 Å².